The molecule has 1 saturated heterocycles. The Morgan fingerprint density at radius 1 is 1.18 bits per heavy atom. The van der Waals surface area contributed by atoms with Crippen LogP contribution in [0.25, 0.3) is 0 Å². The SMILES string of the molecule is CCCc1ccc(C(NCC(=O)NN2C(=O)NC(C)(CC)C2=O)C(C)C)cc1. The number of aryl methyl sites for hydroxylation is 1. The third-order valence-electron chi connectivity index (χ3n) is 5.23. The first-order chi connectivity index (χ1) is 13.2. The second kappa shape index (κ2) is 9.19. The van der Waals surface area contributed by atoms with Crippen molar-refractivity contribution >= 4 is 17.8 Å². The molecule has 0 aromatic heterocycles. The van der Waals surface area contributed by atoms with E-state index in [0.717, 1.165) is 23.4 Å². The summed E-state index contributed by atoms with van der Waals surface area (Å²) in [6.07, 6.45) is 2.60. The molecule has 0 bridgehead atoms. The number of carbonyl (C=O) groups excluding carboxylic acids is 3. The minimum absolute atomic E-state index is 0.000538. The van der Waals surface area contributed by atoms with E-state index in [4.69, 9.17) is 0 Å². The van der Waals surface area contributed by atoms with Gasteiger partial charge in [0, 0.05) is 6.04 Å². The average Bonchev–Trinajstić information content (AvgIpc) is 2.87. The average molecular weight is 389 g/mol. The number of hydrazine groups is 1. The molecule has 1 aromatic carbocycles. The Kier molecular flexibility index (Phi) is 7.18. The zero-order chi connectivity index (χ0) is 20.9. The van der Waals surface area contributed by atoms with Gasteiger partial charge in [-0.25, -0.2) is 4.79 Å². The van der Waals surface area contributed by atoms with E-state index in [1.54, 1.807) is 6.92 Å². The smallest absolute Gasteiger partial charge is 0.322 e. The molecule has 1 aromatic rings. The minimum atomic E-state index is -0.974. The van der Waals surface area contributed by atoms with Gasteiger partial charge in [-0.2, -0.15) is 5.01 Å². The van der Waals surface area contributed by atoms with Crippen LogP contribution in [0.1, 0.15) is 64.6 Å². The van der Waals surface area contributed by atoms with Crippen molar-refractivity contribution in [1.82, 2.24) is 21.1 Å². The van der Waals surface area contributed by atoms with Gasteiger partial charge in [-0.05, 0) is 36.8 Å². The first-order valence-corrected chi connectivity index (χ1v) is 10.00. The topological polar surface area (TPSA) is 90.5 Å². The third kappa shape index (κ3) is 4.90. The number of urea groups is 1. The quantitative estimate of drug-likeness (QED) is 0.567. The van der Waals surface area contributed by atoms with Crippen molar-refractivity contribution in [2.24, 2.45) is 5.92 Å². The van der Waals surface area contributed by atoms with Crippen LogP contribution in [-0.2, 0) is 16.0 Å². The zero-order valence-electron chi connectivity index (χ0n) is 17.5. The normalized spacial score (nSPS) is 20.4. The molecule has 1 aliphatic heterocycles. The zero-order valence-corrected chi connectivity index (χ0v) is 17.5. The molecule has 3 N–H and O–H groups in total. The molecule has 7 heteroatoms. The van der Waals surface area contributed by atoms with E-state index >= 15 is 0 Å². The van der Waals surface area contributed by atoms with Gasteiger partial charge in [-0.1, -0.05) is 58.4 Å². The van der Waals surface area contributed by atoms with E-state index in [1.807, 2.05) is 6.92 Å². The molecular formula is C21H32N4O3. The Balaban J connectivity index is 1.97. The van der Waals surface area contributed by atoms with Crippen LogP contribution in [0.15, 0.2) is 24.3 Å². The lowest BCUT2D eigenvalue weighted by molar-refractivity contribution is -0.138. The van der Waals surface area contributed by atoms with Crippen LogP contribution in [0.5, 0.6) is 0 Å². The maximum absolute atomic E-state index is 12.4. The van der Waals surface area contributed by atoms with Crippen molar-refractivity contribution in [3.63, 3.8) is 0 Å². The van der Waals surface area contributed by atoms with Crippen LogP contribution in [0.4, 0.5) is 4.79 Å². The third-order valence-corrected chi connectivity index (χ3v) is 5.23. The summed E-state index contributed by atoms with van der Waals surface area (Å²) in [6.45, 7) is 9.77. The lowest BCUT2D eigenvalue weighted by Gasteiger charge is -2.24. The van der Waals surface area contributed by atoms with E-state index in [1.165, 1.54) is 5.56 Å². The molecule has 28 heavy (non-hydrogen) atoms. The molecule has 2 unspecified atom stereocenters. The predicted molar refractivity (Wildman–Crippen MR) is 108 cm³/mol. The maximum Gasteiger partial charge on any atom is 0.344 e. The van der Waals surface area contributed by atoms with Crippen LogP contribution in [0, 0.1) is 5.92 Å². The van der Waals surface area contributed by atoms with Gasteiger partial charge in [0.15, 0.2) is 0 Å². The van der Waals surface area contributed by atoms with Gasteiger partial charge >= 0.3 is 6.03 Å². The summed E-state index contributed by atoms with van der Waals surface area (Å²) in [5, 5.41) is 6.63. The summed E-state index contributed by atoms with van der Waals surface area (Å²) in [7, 11) is 0. The van der Waals surface area contributed by atoms with E-state index < -0.39 is 23.4 Å². The molecular weight excluding hydrogens is 356 g/mol. The molecule has 0 spiro atoms. The van der Waals surface area contributed by atoms with Crippen molar-refractivity contribution in [3.05, 3.63) is 35.4 Å². The van der Waals surface area contributed by atoms with E-state index in [9.17, 15) is 14.4 Å². The highest BCUT2D eigenvalue weighted by molar-refractivity contribution is 6.07. The van der Waals surface area contributed by atoms with Crippen molar-refractivity contribution in [3.8, 4) is 0 Å². The van der Waals surface area contributed by atoms with E-state index in [-0.39, 0.29) is 18.5 Å². The van der Waals surface area contributed by atoms with Gasteiger partial charge in [0.05, 0.1) is 6.54 Å². The fourth-order valence-electron chi connectivity index (χ4n) is 3.31. The Morgan fingerprint density at radius 2 is 1.82 bits per heavy atom. The molecule has 0 radical (unpaired) electrons. The lowest BCUT2D eigenvalue weighted by Crippen LogP contribution is -2.51. The van der Waals surface area contributed by atoms with Gasteiger partial charge in [-0.15, -0.1) is 0 Å². The predicted octanol–water partition coefficient (Wildman–Crippen LogP) is 2.68. The van der Waals surface area contributed by atoms with Crippen molar-refractivity contribution in [1.29, 1.82) is 0 Å². The molecule has 1 fully saturated rings. The number of hydrogen-bond donors (Lipinski definition) is 3. The van der Waals surface area contributed by atoms with Gasteiger partial charge in [0.25, 0.3) is 11.8 Å². The lowest BCUT2D eigenvalue weighted by atomic mass is 9.94. The largest absolute Gasteiger partial charge is 0.344 e. The fourth-order valence-corrected chi connectivity index (χ4v) is 3.31. The van der Waals surface area contributed by atoms with Crippen LogP contribution in [0.2, 0.25) is 0 Å². The first-order valence-electron chi connectivity index (χ1n) is 10.00. The maximum atomic E-state index is 12.4. The highest BCUT2D eigenvalue weighted by atomic mass is 16.2. The van der Waals surface area contributed by atoms with E-state index in [2.05, 4.69) is 61.1 Å². The highest BCUT2D eigenvalue weighted by Gasteiger charge is 2.47. The van der Waals surface area contributed by atoms with Crippen molar-refractivity contribution in [2.45, 2.75) is 65.5 Å². The summed E-state index contributed by atoms with van der Waals surface area (Å²) < 4.78 is 0. The van der Waals surface area contributed by atoms with Crippen molar-refractivity contribution < 1.29 is 14.4 Å². The Labute approximate surface area is 167 Å². The molecule has 7 nitrogen and oxygen atoms in total. The van der Waals surface area contributed by atoms with E-state index in [0.29, 0.717) is 6.42 Å². The van der Waals surface area contributed by atoms with Crippen LogP contribution >= 0.6 is 0 Å². The van der Waals surface area contributed by atoms with Crippen LogP contribution < -0.4 is 16.1 Å². The number of nitrogens with zero attached hydrogens (tertiary/aromatic N) is 1. The Morgan fingerprint density at radius 3 is 2.32 bits per heavy atom. The summed E-state index contributed by atoms with van der Waals surface area (Å²) in [6, 6.07) is 7.80. The molecule has 0 aliphatic carbocycles. The fraction of sp³-hybridized carbons (Fsp3) is 0.571. The molecule has 2 rings (SSSR count). The Bertz CT molecular complexity index is 717. The number of benzene rings is 1. The second-order valence-corrected chi connectivity index (χ2v) is 7.89. The number of rotatable bonds is 9. The molecule has 4 amide bonds. The van der Waals surface area contributed by atoms with Gasteiger partial charge in [-0.3, -0.25) is 15.0 Å². The van der Waals surface area contributed by atoms with Crippen LogP contribution in [-0.4, -0.2) is 34.9 Å². The monoisotopic (exact) mass is 388 g/mol. The molecule has 0 saturated carbocycles. The number of imide groups is 1. The minimum Gasteiger partial charge on any atom is -0.322 e. The summed E-state index contributed by atoms with van der Waals surface area (Å²) in [5.41, 5.74) is 3.84. The molecule has 1 heterocycles. The van der Waals surface area contributed by atoms with Gasteiger partial charge < -0.3 is 10.6 Å². The summed E-state index contributed by atoms with van der Waals surface area (Å²) >= 11 is 0. The number of amides is 4. The standard InChI is InChI=1S/C21H32N4O3/c1-6-8-15-9-11-16(12-10-15)18(14(3)4)22-13-17(26)24-25-19(27)21(5,7-2)23-20(25)28/h9-12,14,18,22H,6-8,13H2,1-5H3,(H,23,28)(H,24,26). The number of nitrogens with one attached hydrogen (secondary N) is 3. The molecule has 154 valence electrons. The molecule has 2 atom stereocenters. The second-order valence-electron chi connectivity index (χ2n) is 7.89. The summed E-state index contributed by atoms with van der Waals surface area (Å²) in [5.74, 6) is -0.609. The van der Waals surface area contributed by atoms with Gasteiger partial charge in [0.1, 0.15) is 5.54 Å². The molecule has 1 aliphatic rings. The first kappa shape index (κ1) is 21.9. The van der Waals surface area contributed by atoms with Crippen molar-refractivity contribution in [2.75, 3.05) is 6.54 Å². The Hall–Kier alpha value is -2.41. The summed E-state index contributed by atoms with van der Waals surface area (Å²) in [4.78, 5) is 36.7. The number of hydrogen-bond acceptors (Lipinski definition) is 4. The highest BCUT2D eigenvalue weighted by Crippen LogP contribution is 2.22. The van der Waals surface area contributed by atoms with Gasteiger partial charge in [0.2, 0.25) is 0 Å². The number of carbonyl (C=O) groups is 3. The van der Waals surface area contributed by atoms with Crippen LogP contribution in [0.3, 0.4) is 0 Å².